The second-order valence-corrected chi connectivity index (χ2v) is 3.42. The van der Waals surface area contributed by atoms with Gasteiger partial charge in [0, 0.05) is 12.6 Å². The number of carbonyl (C=O) groups excluding carboxylic acids is 1. The van der Waals surface area contributed by atoms with Crippen LogP contribution < -0.4 is 10.6 Å². The maximum atomic E-state index is 12.0. The van der Waals surface area contributed by atoms with Crippen LogP contribution in [-0.4, -0.2) is 37.5 Å². The molecule has 2 N–H and O–H groups in total. The molecule has 1 amide bonds. The number of alkyl halides is 3. The number of hydrogen-bond acceptors (Lipinski definition) is 3. The van der Waals surface area contributed by atoms with Crippen molar-refractivity contribution in [3.05, 3.63) is 0 Å². The van der Waals surface area contributed by atoms with E-state index in [4.69, 9.17) is 0 Å². The Hall–Kier alpha value is -0.980. The Kier molecular flexibility index (Phi) is 3.78. The van der Waals surface area contributed by atoms with Gasteiger partial charge in [-0.05, 0) is 19.9 Å². The van der Waals surface area contributed by atoms with E-state index in [-0.39, 0.29) is 6.04 Å². The maximum Gasteiger partial charge on any atom is 0.425 e. The fourth-order valence-electron chi connectivity index (χ4n) is 1.21. The molecule has 0 aromatic carbocycles. The standard InChI is InChI=1S/C8H13F3N2O2/c1-5(8(9,10)11)15-7(14)13-6-2-3-12-4-6/h5-6,12H,2-4H2,1H3,(H,13,14)/t5?,6-/m0/s1. The first-order valence-electron chi connectivity index (χ1n) is 4.64. The van der Waals surface area contributed by atoms with E-state index in [1.807, 2.05) is 0 Å². The average molecular weight is 226 g/mol. The van der Waals surface area contributed by atoms with Crippen molar-refractivity contribution in [2.45, 2.75) is 31.7 Å². The van der Waals surface area contributed by atoms with Crippen LogP contribution in [0.15, 0.2) is 0 Å². The zero-order chi connectivity index (χ0) is 11.5. The molecule has 0 spiro atoms. The highest BCUT2D eigenvalue weighted by molar-refractivity contribution is 5.67. The second kappa shape index (κ2) is 4.69. The molecule has 1 aliphatic rings. The zero-order valence-electron chi connectivity index (χ0n) is 8.23. The number of rotatable bonds is 2. The molecule has 1 aliphatic heterocycles. The van der Waals surface area contributed by atoms with Crippen molar-refractivity contribution < 1.29 is 22.7 Å². The summed E-state index contributed by atoms with van der Waals surface area (Å²) < 4.78 is 40.2. The summed E-state index contributed by atoms with van der Waals surface area (Å²) in [5, 5.41) is 5.33. The molecule has 2 atom stereocenters. The highest BCUT2D eigenvalue weighted by atomic mass is 19.4. The molecule has 0 aromatic heterocycles. The minimum Gasteiger partial charge on any atom is -0.437 e. The van der Waals surface area contributed by atoms with Crippen LogP contribution in [-0.2, 0) is 4.74 Å². The van der Waals surface area contributed by atoms with Crippen LogP contribution in [0.2, 0.25) is 0 Å². The summed E-state index contributed by atoms with van der Waals surface area (Å²) in [4.78, 5) is 11.0. The van der Waals surface area contributed by atoms with Gasteiger partial charge in [0.15, 0.2) is 6.10 Å². The van der Waals surface area contributed by atoms with E-state index >= 15 is 0 Å². The predicted molar refractivity (Wildman–Crippen MR) is 46.4 cm³/mol. The van der Waals surface area contributed by atoms with Crippen LogP contribution in [0, 0.1) is 0 Å². The van der Waals surface area contributed by atoms with E-state index in [2.05, 4.69) is 15.4 Å². The van der Waals surface area contributed by atoms with Crippen molar-refractivity contribution in [2.24, 2.45) is 0 Å². The van der Waals surface area contributed by atoms with Crippen molar-refractivity contribution in [3.8, 4) is 0 Å². The van der Waals surface area contributed by atoms with Gasteiger partial charge in [0.05, 0.1) is 0 Å². The third kappa shape index (κ3) is 3.94. The van der Waals surface area contributed by atoms with E-state index in [1.165, 1.54) is 0 Å². The molecule has 0 aromatic rings. The van der Waals surface area contributed by atoms with Gasteiger partial charge in [0.25, 0.3) is 0 Å². The Morgan fingerprint density at radius 2 is 2.27 bits per heavy atom. The normalized spacial score (nSPS) is 23.6. The summed E-state index contributed by atoms with van der Waals surface area (Å²) in [6, 6.07) is -0.141. The van der Waals surface area contributed by atoms with Crippen LogP contribution >= 0.6 is 0 Å². The Morgan fingerprint density at radius 1 is 1.60 bits per heavy atom. The summed E-state index contributed by atoms with van der Waals surface area (Å²) in [7, 11) is 0. The van der Waals surface area contributed by atoms with Gasteiger partial charge in [-0.3, -0.25) is 0 Å². The Morgan fingerprint density at radius 3 is 2.73 bits per heavy atom. The molecule has 0 radical (unpaired) electrons. The molecule has 15 heavy (non-hydrogen) atoms. The minimum atomic E-state index is -4.51. The summed E-state index contributed by atoms with van der Waals surface area (Å²) >= 11 is 0. The average Bonchev–Trinajstić information content (AvgIpc) is 2.54. The Bertz CT molecular complexity index is 226. The monoisotopic (exact) mass is 226 g/mol. The van der Waals surface area contributed by atoms with Gasteiger partial charge in [0.1, 0.15) is 0 Å². The van der Waals surface area contributed by atoms with E-state index < -0.39 is 18.4 Å². The first kappa shape index (κ1) is 12.1. The Labute approximate surface area is 85.2 Å². The van der Waals surface area contributed by atoms with E-state index in [9.17, 15) is 18.0 Å². The molecule has 1 saturated heterocycles. The lowest BCUT2D eigenvalue weighted by molar-refractivity contribution is -0.197. The van der Waals surface area contributed by atoms with Crippen LogP contribution in [0.25, 0.3) is 0 Å². The number of hydrogen-bond donors (Lipinski definition) is 2. The van der Waals surface area contributed by atoms with Crippen molar-refractivity contribution in [1.82, 2.24) is 10.6 Å². The van der Waals surface area contributed by atoms with Crippen LogP contribution in [0.3, 0.4) is 0 Å². The van der Waals surface area contributed by atoms with Crippen LogP contribution in [0.4, 0.5) is 18.0 Å². The molecule has 0 aliphatic carbocycles. The fraction of sp³-hybridized carbons (Fsp3) is 0.875. The third-order valence-corrected chi connectivity index (χ3v) is 2.13. The topological polar surface area (TPSA) is 50.4 Å². The highest BCUT2D eigenvalue weighted by Gasteiger charge is 2.39. The first-order valence-corrected chi connectivity index (χ1v) is 4.64. The number of alkyl carbamates (subject to hydrolysis) is 1. The quantitative estimate of drug-likeness (QED) is 0.739. The molecule has 0 saturated carbocycles. The summed E-state index contributed by atoms with van der Waals surface area (Å²) in [6.45, 7) is 2.11. The largest absolute Gasteiger partial charge is 0.437 e. The van der Waals surface area contributed by atoms with Crippen molar-refractivity contribution in [2.75, 3.05) is 13.1 Å². The maximum absolute atomic E-state index is 12.0. The van der Waals surface area contributed by atoms with Gasteiger partial charge < -0.3 is 15.4 Å². The Balaban J connectivity index is 2.29. The van der Waals surface area contributed by atoms with E-state index in [1.54, 1.807) is 0 Å². The van der Waals surface area contributed by atoms with Gasteiger partial charge in [-0.2, -0.15) is 13.2 Å². The first-order chi connectivity index (χ1) is 6.89. The molecule has 0 bridgehead atoms. The zero-order valence-corrected chi connectivity index (χ0v) is 8.23. The van der Waals surface area contributed by atoms with Crippen LogP contribution in [0.5, 0.6) is 0 Å². The number of halogens is 3. The molecule has 1 unspecified atom stereocenters. The van der Waals surface area contributed by atoms with Gasteiger partial charge in [0.2, 0.25) is 0 Å². The predicted octanol–water partition coefficient (Wildman–Crippen LogP) is 1.03. The molecule has 1 rings (SSSR count). The summed E-state index contributed by atoms with van der Waals surface area (Å²) in [5.41, 5.74) is 0. The van der Waals surface area contributed by atoms with Crippen molar-refractivity contribution in [3.63, 3.8) is 0 Å². The van der Waals surface area contributed by atoms with Crippen molar-refractivity contribution in [1.29, 1.82) is 0 Å². The molecule has 88 valence electrons. The number of amides is 1. The molecule has 7 heteroatoms. The molecule has 4 nitrogen and oxygen atoms in total. The van der Waals surface area contributed by atoms with Crippen molar-refractivity contribution >= 4 is 6.09 Å². The number of carbonyl (C=O) groups is 1. The minimum absolute atomic E-state index is 0.141. The molecular weight excluding hydrogens is 213 g/mol. The lowest BCUT2D eigenvalue weighted by atomic mass is 10.3. The second-order valence-electron chi connectivity index (χ2n) is 3.42. The van der Waals surface area contributed by atoms with Gasteiger partial charge in [-0.15, -0.1) is 0 Å². The summed E-state index contributed by atoms with van der Waals surface area (Å²) in [6.07, 6.45) is -6.90. The van der Waals surface area contributed by atoms with Gasteiger partial charge in [-0.25, -0.2) is 4.79 Å². The van der Waals surface area contributed by atoms with E-state index in [0.717, 1.165) is 13.5 Å². The molecule has 1 fully saturated rings. The smallest absolute Gasteiger partial charge is 0.425 e. The summed E-state index contributed by atoms with van der Waals surface area (Å²) in [5.74, 6) is 0. The lowest BCUT2D eigenvalue weighted by Gasteiger charge is -2.18. The SMILES string of the molecule is CC(OC(=O)N[C@H]1CCNC1)C(F)(F)F. The molecule has 1 heterocycles. The lowest BCUT2D eigenvalue weighted by Crippen LogP contribution is -2.41. The third-order valence-electron chi connectivity index (χ3n) is 2.13. The highest BCUT2D eigenvalue weighted by Crippen LogP contribution is 2.22. The number of nitrogens with one attached hydrogen (secondary N) is 2. The van der Waals surface area contributed by atoms with E-state index in [0.29, 0.717) is 13.0 Å². The fourth-order valence-corrected chi connectivity index (χ4v) is 1.21. The van der Waals surface area contributed by atoms with Gasteiger partial charge in [-0.1, -0.05) is 0 Å². The van der Waals surface area contributed by atoms with Gasteiger partial charge >= 0.3 is 12.3 Å². The molecular formula is C8H13F3N2O2. The van der Waals surface area contributed by atoms with Crippen LogP contribution in [0.1, 0.15) is 13.3 Å². The number of ether oxygens (including phenoxy) is 1.